The van der Waals surface area contributed by atoms with Gasteiger partial charge in [0.15, 0.2) is 0 Å². The van der Waals surface area contributed by atoms with Gasteiger partial charge in [-0.1, -0.05) is 48.5 Å². The van der Waals surface area contributed by atoms with Crippen LogP contribution in [0.3, 0.4) is 0 Å². The lowest BCUT2D eigenvalue weighted by Gasteiger charge is -2.36. The summed E-state index contributed by atoms with van der Waals surface area (Å²) in [4.78, 5) is 41.2. The van der Waals surface area contributed by atoms with E-state index in [2.05, 4.69) is 22.8 Å². The van der Waals surface area contributed by atoms with Gasteiger partial charge in [0.2, 0.25) is 5.43 Å². The molecule has 10 heteroatoms. The topological polar surface area (TPSA) is 112 Å². The van der Waals surface area contributed by atoms with Crippen molar-refractivity contribution in [1.82, 2.24) is 14.0 Å². The summed E-state index contributed by atoms with van der Waals surface area (Å²) >= 11 is 0. The minimum absolute atomic E-state index is 0.000683. The van der Waals surface area contributed by atoms with Crippen molar-refractivity contribution in [3.05, 3.63) is 117 Å². The van der Waals surface area contributed by atoms with Crippen LogP contribution in [0.2, 0.25) is 0 Å². The summed E-state index contributed by atoms with van der Waals surface area (Å²) in [6.45, 7) is 4.00. The second kappa shape index (κ2) is 12.1. The molecule has 1 aliphatic heterocycles. The van der Waals surface area contributed by atoms with Gasteiger partial charge in [0.1, 0.15) is 23.0 Å². The summed E-state index contributed by atoms with van der Waals surface area (Å²) in [6.07, 6.45) is 4.87. The van der Waals surface area contributed by atoms with E-state index in [0.717, 1.165) is 28.1 Å². The van der Waals surface area contributed by atoms with Crippen LogP contribution in [-0.2, 0) is 17.9 Å². The van der Waals surface area contributed by atoms with Gasteiger partial charge in [-0.2, -0.15) is 5.26 Å². The molecule has 1 saturated heterocycles. The number of benzene rings is 3. The summed E-state index contributed by atoms with van der Waals surface area (Å²) < 4.78 is 19.0. The lowest BCUT2D eigenvalue weighted by Crippen LogP contribution is -2.49. The minimum atomic E-state index is -1.36. The van der Waals surface area contributed by atoms with Crippen molar-refractivity contribution in [3.8, 4) is 6.07 Å². The quantitative estimate of drug-likeness (QED) is 0.204. The molecule has 6 rings (SSSR count). The van der Waals surface area contributed by atoms with Crippen LogP contribution in [0, 0.1) is 17.1 Å². The molecule has 226 valence electrons. The Kier molecular flexibility index (Phi) is 7.92. The van der Waals surface area contributed by atoms with Crippen molar-refractivity contribution in [1.29, 1.82) is 5.26 Å². The first-order chi connectivity index (χ1) is 21.8. The maximum absolute atomic E-state index is 15.3. The van der Waals surface area contributed by atoms with Crippen LogP contribution in [-0.4, -0.2) is 57.2 Å². The highest BCUT2D eigenvalue weighted by molar-refractivity contribution is 6.04. The Bertz CT molecular complexity index is 2080. The fourth-order valence-corrected chi connectivity index (χ4v) is 5.97. The van der Waals surface area contributed by atoms with Gasteiger partial charge in [-0.25, -0.2) is 9.18 Å². The summed E-state index contributed by atoms with van der Waals surface area (Å²) in [5, 5.41) is 20.3. The largest absolute Gasteiger partial charge is 0.477 e. The number of carbonyl (C=O) groups excluding carboxylic acids is 1. The Morgan fingerprint density at radius 2 is 1.64 bits per heavy atom. The summed E-state index contributed by atoms with van der Waals surface area (Å²) in [5.41, 5.74) is 2.48. The number of aryl methyl sites for hydroxylation is 1. The van der Waals surface area contributed by atoms with Crippen molar-refractivity contribution in [2.24, 2.45) is 0 Å². The molecule has 0 spiro atoms. The number of amides is 1. The second-order valence-corrected chi connectivity index (χ2v) is 10.9. The number of carboxylic acids is 1. The molecular formula is C35H30FN5O4. The van der Waals surface area contributed by atoms with Crippen LogP contribution >= 0.6 is 0 Å². The van der Waals surface area contributed by atoms with Crippen LogP contribution in [0.25, 0.3) is 27.9 Å². The smallest absolute Gasteiger partial charge is 0.341 e. The Morgan fingerprint density at radius 1 is 0.933 bits per heavy atom. The Hall–Kier alpha value is -5.69. The summed E-state index contributed by atoms with van der Waals surface area (Å²) in [5.74, 6) is -2.40. The van der Waals surface area contributed by atoms with Crippen molar-refractivity contribution >= 4 is 45.4 Å². The number of para-hydroxylation sites is 1. The molecule has 9 nitrogen and oxygen atoms in total. The van der Waals surface area contributed by atoms with E-state index < -0.39 is 28.7 Å². The van der Waals surface area contributed by atoms with Gasteiger partial charge in [-0.3, -0.25) is 9.59 Å². The van der Waals surface area contributed by atoms with E-state index in [0.29, 0.717) is 31.7 Å². The Labute approximate surface area is 258 Å². The van der Waals surface area contributed by atoms with Crippen molar-refractivity contribution < 1.29 is 19.1 Å². The monoisotopic (exact) mass is 603 g/mol. The average molecular weight is 604 g/mol. The molecule has 1 N–H and O–H groups in total. The number of rotatable bonds is 7. The molecule has 0 saturated carbocycles. The lowest BCUT2D eigenvalue weighted by atomic mass is 10.1. The van der Waals surface area contributed by atoms with Gasteiger partial charge >= 0.3 is 5.97 Å². The van der Waals surface area contributed by atoms with Crippen LogP contribution in [0.4, 0.5) is 10.1 Å². The zero-order chi connectivity index (χ0) is 31.7. The summed E-state index contributed by atoms with van der Waals surface area (Å²) in [6, 6.07) is 22.7. The first-order valence-corrected chi connectivity index (χ1v) is 14.7. The molecule has 45 heavy (non-hydrogen) atoms. The second-order valence-electron chi connectivity index (χ2n) is 10.9. The number of hydrogen-bond donors (Lipinski definition) is 1. The van der Waals surface area contributed by atoms with E-state index >= 15 is 4.39 Å². The molecule has 3 heterocycles. The number of nitriles is 1. The average Bonchev–Trinajstić information content (AvgIpc) is 3.40. The van der Waals surface area contributed by atoms with Gasteiger partial charge in [0, 0.05) is 73.5 Å². The van der Waals surface area contributed by atoms with Crippen molar-refractivity contribution in [2.45, 2.75) is 20.0 Å². The van der Waals surface area contributed by atoms with E-state index in [1.165, 1.54) is 6.20 Å². The number of fused-ring (bicyclic) bond motifs is 2. The molecule has 0 atom stereocenters. The van der Waals surface area contributed by atoms with Crippen LogP contribution in [0.5, 0.6) is 0 Å². The lowest BCUT2D eigenvalue weighted by molar-refractivity contribution is -0.126. The fourth-order valence-electron chi connectivity index (χ4n) is 5.97. The number of carbonyl (C=O) groups is 2. The number of anilines is 1. The van der Waals surface area contributed by atoms with Gasteiger partial charge in [0.05, 0.1) is 11.2 Å². The molecule has 1 amide bonds. The standard InChI is InChI=1S/C35H30FN5O4/c1-2-38-22-28(35(44)45)33(42)27-17-29(36)32(18-31(27)38)39-12-14-40(15-13-39)34(43)24(19-37)16-25-21-41(20-23-8-4-3-5-9-23)30-11-7-6-10-26(25)30/h3-11,16-18,21-22H,2,12-15,20H2,1H3,(H,44,45)/b24-16+. The van der Waals surface area contributed by atoms with E-state index in [1.807, 2.05) is 55.6 Å². The van der Waals surface area contributed by atoms with Crippen molar-refractivity contribution in [3.63, 3.8) is 0 Å². The highest BCUT2D eigenvalue weighted by Gasteiger charge is 2.26. The first-order valence-electron chi connectivity index (χ1n) is 14.7. The number of aromatic nitrogens is 2. The number of carboxylic acid groups (broad SMARTS) is 1. The van der Waals surface area contributed by atoms with Gasteiger partial charge in [-0.15, -0.1) is 0 Å². The molecule has 2 aromatic heterocycles. The highest BCUT2D eigenvalue weighted by atomic mass is 19.1. The number of pyridine rings is 1. The van der Waals surface area contributed by atoms with Crippen LogP contribution < -0.4 is 10.3 Å². The molecule has 3 aromatic carbocycles. The third-order valence-electron chi connectivity index (χ3n) is 8.29. The third kappa shape index (κ3) is 5.56. The number of hydrogen-bond acceptors (Lipinski definition) is 5. The van der Waals surface area contributed by atoms with E-state index in [1.54, 1.807) is 26.5 Å². The van der Waals surface area contributed by atoms with Gasteiger partial charge < -0.3 is 24.0 Å². The zero-order valence-corrected chi connectivity index (χ0v) is 24.6. The predicted octanol–water partition coefficient (Wildman–Crippen LogP) is 5.12. The number of nitrogens with zero attached hydrogens (tertiary/aromatic N) is 5. The molecule has 0 aliphatic carbocycles. The van der Waals surface area contributed by atoms with Gasteiger partial charge in [-0.05, 0) is 36.8 Å². The molecule has 5 aromatic rings. The van der Waals surface area contributed by atoms with Gasteiger partial charge in [0.25, 0.3) is 5.91 Å². The molecule has 1 fully saturated rings. The number of aromatic carboxylic acids is 1. The third-order valence-corrected chi connectivity index (χ3v) is 8.29. The van der Waals surface area contributed by atoms with Crippen molar-refractivity contribution in [2.75, 3.05) is 31.1 Å². The SMILES string of the molecule is CCn1cc(C(=O)O)c(=O)c2cc(F)c(N3CCN(C(=O)/C(C#N)=C/c4cn(Cc5ccccc5)c5ccccc45)CC3)cc21. The van der Waals surface area contributed by atoms with E-state index in [4.69, 9.17) is 0 Å². The van der Waals surface area contributed by atoms with Crippen LogP contribution in [0.1, 0.15) is 28.4 Å². The molecular weight excluding hydrogens is 573 g/mol. The Morgan fingerprint density at radius 3 is 2.33 bits per heavy atom. The maximum Gasteiger partial charge on any atom is 0.341 e. The maximum atomic E-state index is 15.3. The number of halogens is 1. The summed E-state index contributed by atoms with van der Waals surface area (Å²) in [7, 11) is 0. The normalized spacial score (nSPS) is 13.8. The zero-order valence-electron chi connectivity index (χ0n) is 24.6. The molecule has 0 radical (unpaired) electrons. The van der Waals surface area contributed by atoms with Crippen LogP contribution in [0.15, 0.2) is 89.5 Å². The van der Waals surface area contributed by atoms with E-state index in [9.17, 15) is 24.8 Å². The minimum Gasteiger partial charge on any atom is -0.477 e. The molecule has 0 unspecified atom stereocenters. The fraction of sp³-hybridized carbons (Fsp3) is 0.200. The predicted molar refractivity (Wildman–Crippen MR) is 171 cm³/mol. The van der Waals surface area contributed by atoms with E-state index in [-0.39, 0.29) is 29.7 Å². The molecule has 1 aliphatic rings. The number of piperazine rings is 1. The molecule has 0 bridgehead atoms. The first kappa shape index (κ1) is 29.4. The Balaban J connectivity index is 1.23. The highest BCUT2D eigenvalue weighted by Crippen LogP contribution is 2.28.